The first-order valence-corrected chi connectivity index (χ1v) is 15.4. The molecule has 0 heterocycles. The van der Waals surface area contributed by atoms with Gasteiger partial charge in [0.15, 0.2) is 0 Å². The maximum atomic E-state index is 14.7. The molecule has 220 valence electrons. The Morgan fingerprint density at radius 2 is 1.56 bits per heavy atom. The summed E-state index contributed by atoms with van der Waals surface area (Å²) in [6.07, 6.45) is 1.98. The minimum atomic E-state index is -3.72. The maximum absolute atomic E-state index is 14.7. The van der Waals surface area contributed by atoms with Crippen molar-refractivity contribution < 1.29 is 26.8 Å². The minimum absolute atomic E-state index is 0.0356. The summed E-state index contributed by atoms with van der Waals surface area (Å²) < 4.78 is 54.2. The van der Waals surface area contributed by atoms with Gasteiger partial charge >= 0.3 is 0 Å². The minimum Gasteiger partial charge on any atom is -0.352 e. The summed E-state index contributed by atoms with van der Waals surface area (Å²) in [6.45, 7) is 3.64. The molecule has 2 atom stereocenters. The van der Waals surface area contributed by atoms with Crippen LogP contribution in [0.2, 0.25) is 0 Å². The Balaban J connectivity index is 1.89. The van der Waals surface area contributed by atoms with Crippen LogP contribution in [0, 0.1) is 11.6 Å². The van der Waals surface area contributed by atoms with Crippen molar-refractivity contribution in [3.05, 3.63) is 102 Å². The molecular formula is C31H37F2N3O4S. The van der Waals surface area contributed by atoms with E-state index in [2.05, 4.69) is 5.32 Å². The first-order chi connectivity index (χ1) is 19.5. The highest BCUT2D eigenvalue weighted by molar-refractivity contribution is 7.92. The third kappa shape index (κ3) is 9.38. The molecular weight excluding hydrogens is 548 g/mol. The Kier molecular flexibility index (Phi) is 11.4. The predicted molar refractivity (Wildman–Crippen MR) is 157 cm³/mol. The first-order valence-electron chi connectivity index (χ1n) is 13.6. The summed E-state index contributed by atoms with van der Waals surface area (Å²) in [4.78, 5) is 28.7. The summed E-state index contributed by atoms with van der Waals surface area (Å²) in [6, 6.07) is 19.3. The summed E-state index contributed by atoms with van der Waals surface area (Å²) >= 11 is 0. The van der Waals surface area contributed by atoms with Gasteiger partial charge in [0.1, 0.15) is 17.7 Å². The first kappa shape index (κ1) is 31.7. The molecule has 41 heavy (non-hydrogen) atoms. The molecule has 7 nitrogen and oxygen atoms in total. The van der Waals surface area contributed by atoms with Crippen LogP contribution in [0.25, 0.3) is 0 Å². The van der Waals surface area contributed by atoms with E-state index < -0.39 is 33.6 Å². The number of nitrogens with one attached hydrogen (secondary N) is 1. The number of sulfonamides is 1. The highest BCUT2D eigenvalue weighted by atomic mass is 32.2. The zero-order valence-electron chi connectivity index (χ0n) is 23.6. The van der Waals surface area contributed by atoms with Crippen LogP contribution in [0.5, 0.6) is 0 Å². The van der Waals surface area contributed by atoms with Crippen LogP contribution in [0.4, 0.5) is 14.5 Å². The van der Waals surface area contributed by atoms with Gasteiger partial charge in [-0.3, -0.25) is 13.9 Å². The number of anilines is 1. The molecule has 1 N–H and O–H groups in total. The van der Waals surface area contributed by atoms with Crippen LogP contribution in [0.3, 0.4) is 0 Å². The molecule has 3 rings (SSSR count). The molecule has 0 aliphatic rings. The second-order valence-corrected chi connectivity index (χ2v) is 12.0. The number of amides is 2. The normalized spacial score (nSPS) is 12.8. The van der Waals surface area contributed by atoms with E-state index in [1.807, 2.05) is 44.2 Å². The van der Waals surface area contributed by atoms with Crippen molar-refractivity contribution in [3.8, 4) is 0 Å². The van der Waals surface area contributed by atoms with E-state index in [0.29, 0.717) is 6.42 Å². The lowest BCUT2D eigenvalue weighted by Crippen LogP contribution is -2.52. The third-order valence-electron chi connectivity index (χ3n) is 6.84. The van der Waals surface area contributed by atoms with Crippen LogP contribution in [-0.4, -0.2) is 50.0 Å². The van der Waals surface area contributed by atoms with Gasteiger partial charge in [-0.2, -0.15) is 0 Å². The van der Waals surface area contributed by atoms with E-state index in [1.54, 1.807) is 18.2 Å². The van der Waals surface area contributed by atoms with Gasteiger partial charge in [0.25, 0.3) is 0 Å². The van der Waals surface area contributed by atoms with E-state index >= 15 is 0 Å². The Morgan fingerprint density at radius 1 is 0.927 bits per heavy atom. The largest absolute Gasteiger partial charge is 0.352 e. The quantitative estimate of drug-likeness (QED) is 0.286. The molecule has 2 amide bonds. The fourth-order valence-corrected chi connectivity index (χ4v) is 5.38. The van der Waals surface area contributed by atoms with Crippen LogP contribution in [0.15, 0.2) is 78.9 Å². The van der Waals surface area contributed by atoms with Gasteiger partial charge in [0.2, 0.25) is 21.8 Å². The van der Waals surface area contributed by atoms with E-state index in [-0.39, 0.29) is 55.6 Å². The standard InChI is InChI=1S/C31H37F2N3O4S/c1-4-23(2)34-31(38)29(21-24-11-6-5-7-12-24)35(22-25-13-8-9-14-28(25)33)30(37)15-10-20-36(41(3,39)40)27-18-16-26(32)17-19-27/h5-9,11-14,16-19,23,29H,4,10,15,20-22H2,1-3H3,(H,34,38)/t23-,29-/m0/s1. The maximum Gasteiger partial charge on any atom is 0.243 e. The number of hydrogen-bond donors (Lipinski definition) is 1. The van der Waals surface area contributed by atoms with Crippen molar-refractivity contribution in [2.24, 2.45) is 0 Å². The lowest BCUT2D eigenvalue weighted by atomic mass is 10.0. The Bertz CT molecular complexity index is 1400. The number of hydrogen-bond acceptors (Lipinski definition) is 4. The fourth-order valence-electron chi connectivity index (χ4n) is 4.42. The van der Waals surface area contributed by atoms with Gasteiger partial charge in [0, 0.05) is 37.5 Å². The molecule has 0 spiro atoms. The van der Waals surface area contributed by atoms with Crippen molar-refractivity contribution in [2.45, 2.75) is 58.2 Å². The van der Waals surface area contributed by atoms with Crippen molar-refractivity contribution >= 4 is 27.5 Å². The molecule has 0 aromatic heterocycles. The van der Waals surface area contributed by atoms with Gasteiger partial charge in [-0.1, -0.05) is 55.5 Å². The molecule has 0 saturated carbocycles. The zero-order chi connectivity index (χ0) is 30.0. The third-order valence-corrected chi connectivity index (χ3v) is 8.03. The van der Waals surface area contributed by atoms with Gasteiger partial charge in [-0.05, 0) is 55.7 Å². The second kappa shape index (κ2) is 14.7. The van der Waals surface area contributed by atoms with Crippen molar-refractivity contribution in [3.63, 3.8) is 0 Å². The molecule has 0 saturated heterocycles. The number of rotatable bonds is 14. The number of carbonyl (C=O) groups is 2. The molecule has 3 aromatic rings. The Labute approximate surface area is 241 Å². The number of nitrogens with zero attached hydrogens (tertiary/aromatic N) is 2. The average Bonchev–Trinajstić information content (AvgIpc) is 2.94. The monoisotopic (exact) mass is 585 g/mol. The molecule has 3 aromatic carbocycles. The van der Waals surface area contributed by atoms with Gasteiger partial charge in [-0.25, -0.2) is 17.2 Å². The Hall–Kier alpha value is -3.79. The fraction of sp³-hybridized carbons (Fsp3) is 0.355. The molecule has 0 unspecified atom stereocenters. The van der Waals surface area contributed by atoms with Gasteiger partial charge in [0.05, 0.1) is 11.9 Å². The van der Waals surface area contributed by atoms with Crippen molar-refractivity contribution in [1.29, 1.82) is 0 Å². The second-order valence-electron chi connectivity index (χ2n) is 10.1. The van der Waals surface area contributed by atoms with Crippen molar-refractivity contribution in [1.82, 2.24) is 10.2 Å². The predicted octanol–water partition coefficient (Wildman–Crippen LogP) is 5.07. The molecule has 0 aliphatic heterocycles. The van der Waals surface area contributed by atoms with Gasteiger partial charge < -0.3 is 10.2 Å². The van der Waals surface area contributed by atoms with E-state index in [0.717, 1.165) is 16.1 Å². The summed E-state index contributed by atoms with van der Waals surface area (Å²) in [5, 5.41) is 2.96. The lowest BCUT2D eigenvalue weighted by molar-refractivity contribution is -0.141. The zero-order valence-corrected chi connectivity index (χ0v) is 24.4. The highest BCUT2D eigenvalue weighted by Gasteiger charge is 2.31. The van der Waals surface area contributed by atoms with E-state index in [4.69, 9.17) is 0 Å². The van der Waals surface area contributed by atoms with Gasteiger partial charge in [-0.15, -0.1) is 0 Å². The topological polar surface area (TPSA) is 86.8 Å². The van der Waals surface area contributed by atoms with E-state index in [9.17, 15) is 26.8 Å². The summed E-state index contributed by atoms with van der Waals surface area (Å²) in [5.74, 6) is -1.76. The molecule has 10 heteroatoms. The van der Waals surface area contributed by atoms with Crippen LogP contribution >= 0.6 is 0 Å². The number of benzene rings is 3. The smallest absolute Gasteiger partial charge is 0.243 e. The summed E-state index contributed by atoms with van der Waals surface area (Å²) in [7, 11) is -3.72. The van der Waals surface area contributed by atoms with Crippen molar-refractivity contribution in [2.75, 3.05) is 17.1 Å². The van der Waals surface area contributed by atoms with E-state index in [1.165, 1.54) is 35.2 Å². The molecule has 0 bridgehead atoms. The highest BCUT2D eigenvalue weighted by Crippen LogP contribution is 2.21. The average molecular weight is 586 g/mol. The lowest BCUT2D eigenvalue weighted by Gasteiger charge is -2.32. The molecule has 0 fully saturated rings. The van der Waals surface area contributed by atoms with Crippen LogP contribution in [-0.2, 0) is 32.6 Å². The Morgan fingerprint density at radius 3 is 2.17 bits per heavy atom. The molecule has 0 radical (unpaired) electrons. The summed E-state index contributed by atoms with van der Waals surface area (Å²) in [5.41, 5.74) is 1.38. The van der Waals surface area contributed by atoms with Crippen LogP contribution < -0.4 is 9.62 Å². The number of halogens is 2. The molecule has 0 aliphatic carbocycles. The van der Waals surface area contributed by atoms with Crippen LogP contribution in [0.1, 0.15) is 44.2 Å². The number of carbonyl (C=O) groups excluding carboxylic acids is 2. The SMILES string of the molecule is CC[C@H](C)NC(=O)[C@H](Cc1ccccc1)N(Cc1ccccc1F)C(=O)CCCN(c1ccc(F)cc1)S(C)(=O)=O.